The van der Waals surface area contributed by atoms with Crippen LogP contribution in [0.25, 0.3) is 11.5 Å². The van der Waals surface area contributed by atoms with Crippen molar-refractivity contribution in [3.63, 3.8) is 0 Å². The van der Waals surface area contributed by atoms with Gasteiger partial charge in [0.2, 0.25) is 11.8 Å². The van der Waals surface area contributed by atoms with E-state index in [9.17, 15) is 9.18 Å². The normalized spacial score (nSPS) is 10.7. The summed E-state index contributed by atoms with van der Waals surface area (Å²) in [7, 11) is 0. The molecule has 0 spiro atoms. The van der Waals surface area contributed by atoms with Crippen molar-refractivity contribution in [2.45, 2.75) is 18.3 Å². The Hall–Kier alpha value is -3.59. The summed E-state index contributed by atoms with van der Waals surface area (Å²) in [5.74, 6) is -0.00588. The molecule has 0 saturated heterocycles. The van der Waals surface area contributed by atoms with Crippen molar-refractivity contribution in [2.75, 3.05) is 5.75 Å². The molecule has 0 radical (unpaired) electrons. The number of halogens is 1. The molecule has 7 nitrogen and oxygen atoms in total. The summed E-state index contributed by atoms with van der Waals surface area (Å²) in [6, 6.07) is 13.3. The molecular weight excluding hydrogens is 417 g/mol. The van der Waals surface area contributed by atoms with Crippen molar-refractivity contribution in [3.05, 3.63) is 90.3 Å². The minimum absolute atomic E-state index is 0.0767. The van der Waals surface area contributed by atoms with Crippen molar-refractivity contribution >= 4 is 17.7 Å². The molecule has 1 amide bonds. The van der Waals surface area contributed by atoms with Crippen LogP contribution in [0.1, 0.15) is 11.1 Å². The van der Waals surface area contributed by atoms with Crippen LogP contribution >= 0.6 is 11.8 Å². The highest BCUT2D eigenvalue weighted by atomic mass is 32.2. The molecule has 0 bridgehead atoms. The highest BCUT2D eigenvalue weighted by molar-refractivity contribution is 7.99. The Kier molecular flexibility index (Phi) is 6.63. The smallest absolute Gasteiger partial charge is 0.277 e. The molecule has 31 heavy (non-hydrogen) atoms. The van der Waals surface area contributed by atoms with E-state index in [1.165, 1.54) is 12.1 Å². The molecule has 0 aliphatic heterocycles. The van der Waals surface area contributed by atoms with Gasteiger partial charge in [-0.05, 0) is 53.6 Å². The summed E-state index contributed by atoms with van der Waals surface area (Å²) in [6.07, 6.45) is 6.84. The van der Waals surface area contributed by atoms with Crippen LogP contribution in [-0.4, -0.2) is 36.7 Å². The molecule has 0 saturated carbocycles. The Morgan fingerprint density at radius 1 is 0.935 bits per heavy atom. The fraction of sp³-hybridized carbons (Fsp3) is 0.136. The second kappa shape index (κ2) is 9.94. The summed E-state index contributed by atoms with van der Waals surface area (Å²) in [5, 5.41) is 8.23. The summed E-state index contributed by atoms with van der Waals surface area (Å²) < 4.78 is 18.7. The molecule has 0 fully saturated rings. The predicted octanol–water partition coefficient (Wildman–Crippen LogP) is 3.99. The Morgan fingerprint density at radius 2 is 1.71 bits per heavy atom. The first-order valence-corrected chi connectivity index (χ1v) is 10.4. The minimum atomic E-state index is -0.341. The Balaban J connectivity index is 1.42. The van der Waals surface area contributed by atoms with Gasteiger partial charge in [-0.3, -0.25) is 14.8 Å². The van der Waals surface area contributed by atoms with Crippen molar-refractivity contribution in [3.8, 4) is 11.5 Å². The van der Waals surface area contributed by atoms with Gasteiger partial charge in [0.05, 0.1) is 5.75 Å². The maximum Gasteiger partial charge on any atom is 0.277 e. The lowest BCUT2D eigenvalue weighted by molar-refractivity contribution is -0.129. The number of aromatic nitrogens is 4. The Bertz CT molecular complexity index is 1080. The van der Waals surface area contributed by atoms with Crippen LogP contribution in [0.4, 0.5) is 4.39 Å². The molecule has 0 unspecified atom stereocenters. The summed E-state index contributed by atoms with van der Waals surface area (Å²) in [5.41, 5.74) is 2.53. The van der Waals surface area contributed by atoms with E-state index in [0.29, 0.717) is 18.7 Å². The van der Waals surface area contributed by atoms with Crippen LogP contribution in [0, 0.1) is 5.82 Å². The molecule has 156 valence electrons. The standard InChI is InChI=1S/C22H18FN5O2S/c23-19-5-3-18(4-6-19)21-26-27-22(30-21)31-15-20(29)28(13-16-7-10-24-11-8-16)14-17-2-1-9-25-12-17/h1-12H,13-15H2. The molecule has 1 aromatic carbocycles. The Labute approximate surface area is 182 Å². The van der Waals surface area contributed by atoms with Crippen molar-refractivity contribution in [2.24, 2.45) is 0 Å². The van der Waals surface area contributed by atoms with Crippen LogP contribution < -0.4 is 0 Å². The van der Waals surface area contributed by atoms with E-state index in [1.807, 2.05) is 24.3 Å². The molecule has 0 aliphatic rings. The maximum absolute atomic E-state index is 13.1. The van der Waals surface area contributed by atoms with Gasteiger partial charge in [-0.2, -0.15) is 0 Å². The molecule has 0 atom stereocenters. The summed E-state index contributed by atoms with van der Waals surface area (Å²) in [4.78, 5) is 22.9. The van der Waals surface area contributed by atoms with Crippen LogP contribution in [0.5, 0.6) is 0 Å². The molecule has 3 heterocycles. The van der Waals surface area contributed by atoms with Crippen molar-refractivity contribution < 1.29 is 13.6 Å². The third-order valence-electron chi connectivity index (χ3n) is 4.39. The molecule has 9 heteroatoms. The van der Waals surface area contributed by atoms with E-state index in [1.54, 1.807) is 41.8 Å². The number of hydrogen-bond acceptors (Lipinski definition) is 7. The van der Waals surface area contributed by atoms with E-state index in [-0.39, 0.29) is 28.6 Å². The topological polar surface area (TPSA) is 85.0 Å². The van der Waals surface area contributed by atoms with Gasteiger partial charge in [0.25, 0.3) is 5.22 Å². The first-order valence-electron chi connectivity index (χ1n) is 9.45. The van der Waals surface area contributed by atoms with E-state index < -0.39 is 0 Å². The molecule has 3 aromatic heterocycles. The predicted molar refractivity (Wildman–Crippen MR) is 113 cm³/mol. The van der Waals surface area contributed by atoms with Gasteiger partial charge in [-0.1, -0.05) is 17.8 Å². The number of carbonyl (C=O) groups is 1. The lowest BCUT2D eigenvalue weighted by Crippen LogP contribution is -2.31. The molecule has 0 N–H and O–H groups in total. The van der Waals surface area contributed by atoms with Gasteiger partial charge in [0, 0.05) is 43.4 Å². The van der Waals surface area contributed by atoms with Crippen LogP contribution in [-0.2, 0) is 17.9 Å². The maximum atomic E-state index is 13.1. The monoisotopic (exact) mass is 435 g/mol. The third-order valence-corrected chi connectivity index (χ3v) is 5.19. The van der Waals surface area contributed by atoms with E-state index in [4.69, 9.17) is 4.42 Å². The van der Waals surface area contributed by atoms with E-state index >= 15 is 0 Å². The molecule has 0 aliphatic carbocycles. The van der Waals surface area contributed by atoms with Gasteiger partial charge in [0.1, 0.15) is 5.82 Å². The van der Waals surface area contributed by atoms with Crippen LogP contribution in [0.3, 0.4) is 0 Å². The van der Waals surface area contributed by atoms with Gasteiger partial charge < -0.3 is 9.32 Å². The zero-order chi connectivity index (χ0) is 21.5. The third kappa shape index (κ3) is 5.73. The first-order chi connectivity index (χ1) is 15.2. The number of carbonyl (C=O) groups excluding carboxylic acids is 1. The zero-order valence-corrected chi connectivity index (χ0v) is 17.2. The Morgan fingerprint density at radius 3 is 2.45 bits per heavy atom. The average Bonchev–Trinajstić information content (AvgIpc) is 3.28. The molecule has 4 aromatic rings. The largest absolute Gasteiger partial charge is 0.411 e. The summed E-state index contributed by atoms with van der Waals surface area (Å²) in [6.45, 7) is 0.877. The number of amides is 1. The number of pyridine rings is 2. The first kappa shape index (κ1) is 20.7. The van der Waals surface area contributed by atoms with Gasteiger partial charge in [-0.25, -0.2) is 4.39 Å². The van der Waals surface area contributed by atoms with E-state index in [0.717, 1.165) is 22.9 Å². The minimum Gasteiger partial charge on any atom is -0.411 e. The highest BCUT2D eigenvalue weighted by Crippen LogP contribution is 2.24. The zero-order valence-electron chi connectivity index (χ0n) is 16.4. The van der Waals surface area contributed by atoms with Crippen molar-refractivity contribution in [1.29, 1.82) is 0 Å². The van der Waals surface area contributed by atoms with Crippen LogP contribution in [0.2, 0.25) is 0 Å². The van der Waals surface area contributed by atoms with E-state index in [2.05, 4.69) is 20.2 Å². The quantitative estimate of drug-likeness (QED) is 0.387. The second-order valence-electron chi connectivity index (χ2n) is 6.64. The summed E-state index contributed by atoms with van der Waals surface area (Å²) >= 11 is 1.16. The number of hydrogen-bond donors (Lipinski definition) is 0. The number of thioether (sulfide) groups is 1. The van der Waals surface area contributed by atoms with Crippen molar-refractivity contribution in [1.82, 2.24) is 25.1 Å². The SMILES string of the molecule is O=C(CSc1nnc(-c2ccc(F)cc2)o1)N(Cc1ccncc1)Cc1cccnc1. The fourth-order valence-corrected chi connectivity index (χ4v) is 3.51. The average molecular weight is 435 g/mol. The highest BCUT2D eigenvalue weighted by Gasteiger charge is 2.17. The van der Waals surface area contributed by atoms with Gasteiger partial charge >= 0.3 is 0 Å². The number of benzene rings is 1. The molecular formula is C22H18FN5O2S. The van der Waals surface area contributed by atoms with Gasteiger partial charge in [0.15, 0.2) is 0 Å². The van der Waals surface area contributed by atoms with Gasteiger partial charge in [-0.15, -0.1) is 10.2 Å². The lowest BCUT2D eigenvalue weighted by Gasteiger charge is -2.22. The fourth-order valence-electron chi connectivity index (χ4n) is 2.84. The number of rotatable bonds is 8. The molecule has 4 rings (SSSR count). The lowest BCUT2D eigenvalue weighted by atomic mass is 10.2. The number of nitrogens with zero attached hydrogens (tertiary/aromatic N) is 5. The van der Waals surface area contributed by atoms with Crippen LogP contribution in [0.15, 0.2) is 83.0 Å². The second-order valence-corrected chi connectivity index (χ2v) is 7.56.